The largest absolute Gasteiger partial charge is 0.332 e. The minimum Gasteiger partial charge on any atom is -0.332 e. The average Bonchev–Trinajstić information content (AvgIpc) is 3.06. The quantitative estimate of drug-likeness (QED) is 0.711. The number of hydrogen-bond donors (Lipinski definition) is 1. The third kappa shape index (κ3) is 3.79. The van der Waals surface area contributed by atoms with E-state index < -0.39 is 17.8 Å². The summed E-state index contributed by atoms with van der Waals surface area (Å²) in [5, 5.41) is 16.5. The molecule has 0 saturated carbocycles. The van der Waals surface area contributed by atoms with E-state index in [2.05, 4.69) is 15.4 Å². The highest BCUT2D eigenvalue weighted by atomic mass is 32.1. The monoisotopic (exact) mass is 411 g/mol. The van der Waals surface area contributed by atoms with Crippen molar-refractivity contribution in [3.05, 3.63) is 67.8 Å². The molecule has 7 nitrogen and oxygen atoms in total. The van der Waals surface area contributed by atoms with Gasteiger partial charge in [0.2, 0.25) is 0 Å². The molecule has 0 radical (unpaired) electrons. The fourth-order valence-corrected chi connectivity index (χ4v) is 3.96. The minimum absolute atomic E-state index is 0.0835. The molecule has 1 atom stereocenters. The van der Waals surface area contributed by atoms with E-state index in [9.17, 15) is 19.2 Å². The lowest BCUT2D eigenvalue weighted by Gasteiger charge is -2.12. The number of thiazole rings is 1. The van der Waals surface area contributed by atoms with Crippen LogP contribution in [0.2, 0.25) is 0 Å². The molecule has 0 spiro atoms. The van der Waals surface area contributed by atoms with Crippen LogP contribution in [0.25, 0.3) is 10.6 Å². The fraction of sp³-hybridized carbons (Fsp3) is 0.250. The Morgan fingerprint density at radius 2 is 1.97 bits per heavy atom. The molecule has 0 saturated heterocycles. The number of nitrogens with one attached hydrogen (secondary N) is 1. The SMILES string of the molecule is Cc1nc(-c2c(C)c(C)nn(C)c2=O)sc1C(=O)NC(C#N)c1ccccc1F. The number of benzene rings is 1. The van der Waals surface area contributed by atoms with Gasteiger partial charge in [-0.2, -0.15) is 10.4 Å². The first kappa shape index (κ1) is 20.4. The second-order valence-electron chi connectivity index (χ2n) is 6.50. The fourth-order valence-electron chi connectivity index (χ4n) is 2.90. The third-order valence-electron chi connectivity index (χ3n) is 4.56. The van der Waals surface area contributed by atoms with E-state index >= 15 is 0 Å². The summed E-state index contributed by atoms with van der Waals surface area (Å²) in [4.78, 5) is 30.0. The molecule has 3 rings (SSSR count). The van der Waals surface area contributed by atoms with E-state index in [0.29, 0.717) is 27.5 Å². The molecule has 1 unspecified atom stereocenters. The van der Waals surface area contributed by atoms with Crippen molar-refractivity contribution in [3.8, 4) is 16.6 Å². The van der Waals surface area contributed by atoms with Crippen molar-refractivity contribution in [2.45, 2.75) is 26.8 Å². The normalized spacial score (nSPS) is 11.7. The van der Waals surface area contributed by atoms with Gasteiger partial charge in [0.25, 0.3) is 11.5 Å². The van der Waals surface area contributed by atoms with Crippen molar-refractivity contribution in [2.24, 2.45) is 7.05 Å². The van der Waals surface area contributed by atoms with Gasteiger partial charge in [-0.1, -0.05) is 18.2 Å². The van der Waals surface area contributed by atoms with Gasteiger partial charge in [0.1, 0.15) is 21.7 Å². The summed E-state index contributed by atoms with van der Waals surface area (Å²) >= 11 is 1.05. The molecule has 0 aliphatic carbocycles. The Hall–Kier alpha value is -3.38. The van der Waals surface area contributed by atoms with E-state index in [1.165, 1.54) is 22.9 Å². The molecule has 1 aromatic carbocycles. The number of aryl methyl sites for hydroxylation is 3. The Bertz CT molecular complexity index is 1210. The molecule has 0 aliphatic heterocycles. The highest BCUT2D eigenvalue weighted by Crippen LogP contribution is 2.29. The molecule has 0 aliphatic rings. The summed E-state index contributed by atoms with van der Waals surface area (Å²) in [6, 6.07) is 6.53. The zero-order valence-corrected chi connectivity index (χ0v) is 17.1. The molecular formula is C20H18FN5O2S. The van der Waals surface area contributed by atoms with Crippen molar-refractivity contribution in [3.63, 3.8) is 0 Å². The van der Waals surface area contributed by atoms with E-state index in [0.717, 1.165) is 11.3 Å². The average molecular weight is 411 g/mol. The van der Waals surface area contributed by atoms with E-state index in [1.807, 2.05) is 6.07 Å². The first-order chi connectivity index (χ1) is 13.7. The summed E-state index contributed by atoms with van der Waals surface area (Å²) in [5.74, 6) is -1.13. The molecule has 1 N–H and O–H groups in total. The predicted octanol–water partition coefficient (Wildman–Crippen LogP) is 2.96. The molecule has 148 valence electrons. The van der Waals surface area contributed by atoms with Gasteiger partial charge in [-0.3, -0.25) is 9.59 Å². The number of carbonyl (C=O) groups excluding carboxylic acids is 1. The van der Waals surface area contributed by atoms with Crippen LogP contribution in [0, 0.1) is 37.9 Å². The van der Waals surface area contributed by atoms with Crippen LogP contribution >= 0.6 is 11.3 Å². The molecule has 2 heterocycles. The molecule has 3 aromatic rings. The van der Waals surface area contributed by atoms with Gasteiger partial charge < -0.3 is 5.32 Å². The lowest BCUT2D eigenvalue weighted by molar-refractivity contribution is 0.0948. The Balaban J connectivity index is 1.98. The molecule has 0 bridgehead atoms. The Morgan fingerprint density at radius 1 is 1.28 bits per heavy atom. The van der Waals surface area contributed by atoms with Crippen LogP contribution in [-0.2, 0) is 7.05 Å². The molecular weight excluding hydrogens is 393 g/mol. The van der Waals surface area contributed by atoms with Crippen LogP contribution in [0.15, 0.2) is 29.1 Å². The van der Waals surface area contributed by atoms with Gasteiger partial charge in [0, 0.05) is 12.6 Å². The van der Waals surface area contributed by atoms with E-state index in [4.69, 9.17) is 0 Å². The highest BCUT2D eigenvalue weighted by Gasteiger charge is 2.24. The third-order valence-corrected chi connectivity index (χ3v) is 5.74. The number of hydrogen-bond acceptors (Lipinski definition) is 6. The lowest BCUT2D eigenvalue weighted by Crippen LogP contribution is -2.28. The molecule has 2 aromatic heterocycles. The summed E-state index contributed by atoms with van der Waals surface area (Å²) in [6.45, 7) is 5.21. The maximum Gasteiger partial charge on any atom is 0.277 e. The summed E-state index contributed by atoms with van der Waals surface area (Å²) in [5.41, 5.74) is 1.96. The second kappa shape index (κ2) is 7.93. The summed E-state index contributed by atoms with van der Waals surface area (Å²) < 4.78 is 15.2. The Morgan fingerprint density at radius 3 is 2.62 bits per heavy atom. The smallest absolute Gasteiger partial charge is 0.277 e. The number of carbonyl (C=O) groups is 1. The van der Waals surface area contributed by atoms with Crippen molar-refractivity contribution >= 4 is 17.2 Å². The van der Waals surface area contributed by atoms with Gasteiger partial charge >= 0.3 is 0 Å². The molecule has 29 heavy (non-hydrogen) atoms. The van der Waals surface area contributed by atoms with Crippen molar-refractivity contribution in [1.29, 1.82) is 5.26 Å². The van der Waals surface area contributed by atoms with E-state index in [-0.39, 0.29) is 16.0 Å². The molecule has 1 amide bonds. The highest BCUT2D eigenvalue weighted by molar-refractivity contribution is 7.17. The molecule has 0 fully saturated rings. The predicted molar refractivity (Wildman–Crippen MR) is 107 cm³/mol. The van der Waals surface area contributed by atoms with Gasteiger partial charge in [0.05, 0.1) is 23.0 Å². The van der Waals surface area contributed by atoms with Crippen molar-refractivity contribution < 1.29 is 9.18 Å². The maximum atomic E-state index is 14.0. The standard InChI is InChI=1S/C20H18FN5O2S/c1-10-11(2)25-26(4)20(28)16(10)19-23-12(3)17(29-19)18(27)24-15(9-22)13-7-5-6-8-14(13)21/h5-8,15H,1-4H3,(H,24,27). The Labute approximate surface area is 170 Å². The van der Waals surface area contributed by atoms with Crippen molar-refractivity contribution in [2.75, 3.05) is 0 Å². The van der Waals surface area contributed by atoms with Gasteiger partial charge in [-0.05, 0) is 32.4 Å². The van der Waals surface area contributed by atoms with Crippen LogP contribution in [0.3, 0.4) is 0 Å². The van der Waals surface area contributed by atoms with Gasteiger partial charge in [0.15, 0.2) is 0 Å². The van der Waals surface area contributed by atoms with Crippen LogP contribution in [-0.4, -0.2) is 20.7 Å². The second-order valence-corrected chi connectivity index (χ2v) is 7.50. The topological polar surface area (TPSA) is 101 Å². The van der Waals surface area contributed by atoms with Gasteiger partial charge in [-0.15, -0.1) is 11.3 Å². The van der Waals surface area contributed by atoms with Crippen LogP contribution in [0.5, 0.6) is 0 Å². The van der Waals surface area contributed by atoms with Gasteiger partial charge in [-0.25, -0.2) is 14.1 Å². The summed E-state index contributed by atoms with van der Waals surface area (Å²) in [6.07, 6.45) is 0. The Kier molecular flexibility index (Phi) is 5.57. The van der Waals surface area contributed by atoms with Crippen LogP contribution in [0.4, 0.5) is 4.39 Å². The maximum absolute atomic E-state index is 14.0. The minimum atomic E-state index is -1.15. The number of aromatic nitrogens is 3. The first-order valence-electron chi connectivity index (χ1n) is 8.71. The first-order valence-corrected chi connectivity index (χ1v) is 9.53. The number of rotatable bonds is 4. The zero-order chi connectivity index (χ0) is 21.3. The number of nitriles is 1. The van der Waals surface area contributed by atoms with E-state index in [1.54, 1.807) is 33.9 Å². The number of nitrogens with zero attached hydrogens (tertiary/aromatic N) is 4. The number of amides is 1. The molecule has 9 heteroatoms. The van der Waals surface area contributed by atoms with Crippen LogP contribution in [0.1, 0.15) is 38.2 Å². The zero-order valence-electron chi connectivity index (χ0n) is 16.3. The van der Waals surface area contributed by atoms with Crippen molar-refractivity contribution in [1.82, 2.24) is 20.1 Å². The summed E-state index contributed by atoms with van der Waals surface area (Å²) in [7, 11) is 1.55. The number of halogens is 1. The lowest BCUT2D eigenvalue weighted by atomic mass is 10.1. The van der Waals surface area contributed by atoms with Crippen LogP contribution < -0.4 is 10.9 Å².